The third kappa shape index (κ3) is 8.75. The Labute approximate surface area is 120 Å². The van der Waals surface area contributed by atoms with Gasteiger partial charge in [0.25, 0.3) is 0 Å². The highest BCUT2D eigenvalue weighted by Gasteiger charge is 2.23. The van der Waals surface area contributed by atoms with Gasteiger partial charge in [-0.25, -0.2) is 4.79 Å². The first kappa shape index (κ1) is 18.1. The molecule has 19 heavy (non-hydrogen) atoms. The van der Waals surface area contributed by atoms with Crippen LogP contribution in [0.25, 0.3) is 0 Å². The van der Waals surface area contributed by atoms with Crippen LogP contribution in [-0.2, 0) is 9.53 Å². The fourth-order valence-electron chi connectivity index (χ4n) is 1.08. The van der Waals surface area contributed by atoms with Crippen molar-refractivity contribution in [3.05, 3.63) is 0 Å². The summed E-state index contributed by atoms with van der Waals surface area (Å²) >= 11 is 1.68. The first-order valence-corrected chi connectivity index (χ1v) is 7.52. The van der Waals surface area contributed by atoms with Crippen LogP contribution in [0.2, 0.25) is 0 Å². The molecular formula is C13H26N2O3S. The Kier molecular flexibility index (Phi) is 6.69. The Morgan fingerprint density at radius 2 is 1.74 bits per heavy atom. The van der Waals surface area contributed by atoms with Gasteiger partial charge in [0.15, 0.2) is 0 Å². The van der Waals surface area contributed by atoms with Gasteiger partial charge in [0.2, 0.25) is 5.91 Å². The van der Waals surface area contributed by atoms with Gasteiger partial charge in [0, 0.05) is 11.3 Å². The maximum absolute atomic E-state index is 11.8. The fourth-order valence-corrected chi connectivity index (χ4v) is 1.29. The molecule has 2 N–H and O–H groups in total. The molecule has 0 aliphatic carbocycles. The van der Waals surface area contributed by atoms with Gasteiger partial charge in [0.1, 0.15) is 11.6 Å². The van der Waals surface area contributed by atoms with Crippen LogP contribution in [-0.4, -0.2) is 41.2 Å². The Bertz CT molecular complexity index is 324. The number of thioether (sulfide) groups is 1. The fraction of sp³-hybridized carbons (Fsp3) is 0.846. The lowest BCUT2D eigenvalue weighted by molar-refractivity contribution is -0.122. The molecule has 0 aliphatic heterocycles. The maximum atomic E-state index is 11.8. The highest BCUT2D eigenvalue weighted by atomic mass is 32.2. The molecule has 1 atom stereocenters. The Balaban J connectivity index is 4.18. The molecule has 0 saturated carbocycles. The van der Waals surface area contributed by atoms with Crippen molar-refractivity contribution < 1.29 is 14.3 Å². The zero-order chi connectivity index (χ0) is 15.3. The highest BCUT2D eigenvalue weighted by Crippen LogP contribution is 2.19. The number of carbonyl (C=O) groups excluding carboxylic acids is 2. The predicted octanol–water partition coefficient (Wildman–Crippen LogP) is 2.16. The molecule has 0 aromatic rings. The van der Waals surface area contributed by atoms with Crippen molar-refractivity contribution in [2.45, 2.75) is 57.9 Å². The molecule has 0 saturated heterocycles. The van der Waals surface area contributed by atoms with Crippen LogP contribution in [0.3, 0.4) is 0 Å². The molecule has 112 valence electrons. The summed E-state index contributed by atoms with van der Waals surface area (Å²) in [5.74, 6) is -0.215. The van der Waals surface area contributed by atoms with E-state index >= 15 is 0 Å². The number of hydrogen-bond acceptors (Lipinski definition) is 4. The number of ether oxygens (including phenoxy) is 1. The minimum Gasteiger partial charge on any atom is -0.444 e. The summed E-state index contributed by atoms with van der Waals surface area (Å²) in [4.78, 5) is 23.3. The SMILES string of the molecule is CSC(C)(C)CNC(=O)C(C)NC(=O)OC(C)(C)C. The van der Waals surface area contributed by atoms with Crippen LogP contribution < -0.4 is 10.6 Å². The first-order valence-electron chi connectivity index (χ1n) is 6.29. The maximum Gasteiger partial charge on any atom is 0.408 e. The second-order valence-corrected chi connectivity index (χ2v) is 7.56. The average molecular weight is 290 g/mol. The van der Waals surface area contributed by atoms with Crippen LogP contribution in [0, 0.1) is 0 Å². The van der Waals surface area contributed by atoms with Gasteiger partial charge < -0.3 is 15.4 Å². The minimum absolute atomic E-state index is 0.0265. The number of alkyl carbamates (subject to hydrolysis) is 1. The highest BCUT2D eigenvalue weighted by molar-refractivity contribution is 7.99. The first-order chi connectivity index (χ1) is 8.47. The van der Waals surface area contributed by atoms with E-state index in [4.69, 9.17) is 4.74 Å². The van der Waals surface area contributed by atoms with Crippen LogP contribution in [0.15, 0.2) is 0 Å². The van der Waals surface area contributed by atoms with Crippen molar-refractivity contribution in [2.75, 3.05) is 12.8 Å². The van der Waals surface area contributed by atoms with Crippen molar-refractivity contribution in [1.29, 1.82) is 0 Å². The second kappa shape index (κ2) is 7.03. The van der Waals surface area contributed by atoms with Crippen LogP contribution in [0.4, 0.5) is 4.79 Å². The summed E-state index contributed by atoms with van der Waals surface area (Å²) in [5.41, 5.74) is -0.568. The summed E-state index contributed by atoms with van der Waals surface area (Å²) < 4.78 is 5.06. The molecule has 0 rings (SSSR count). The number of nitrogens with one attached hydrogen (secondary N) is 2. The molecule has 0 radical (unpaired) electrons. The van der Waals surface area contributed by atoms with E-state index in [1.54, 1.807) is 39.5 Å². The topological polar surface area (TPSA) is 67.4 Å². The summed E-state index contributed by atoms with van der Waals surface area (Å²) in [5, 5.41) is 5.32. The lowest BCUT2D eigenvalue weighted by Gasteiger charge is -2.24. The second-order valence-electron chi connectivity index (χ2n) is 6.05. The van der Waals surface area contributed by atoms with E-state index in [2.05, 4.69) is 10.6 Å². The number of hydrogen-bond donors (Lipinski definition) is 2. The smallest absolute Gasteiger partial charge is 0.408 e. The molecule has 0 aliphatic rings. The summed E-state index contributed by atoms with van der Waals surface area (Å²) in [6.07, 6.45) is 1.41. The Hall–Kier alpha value is -0.910. The van der Waals surface area contributed by atoms with E-state index in [9.17, 15) is 9.59 Å². The third-order valence-corrected chi connectivity index (χ3v) is 3.62. The molecule has 2 amide bonds. The normalized spacial score (nSPS) is 13.6. The summed E-state index contributed by atoms with van der Waals surface area (Å²) in [6.45, 7) is 11.6. The van der Waals surface area contributed by atoms with Crippen LogP contribution in [0.5, 0.6) is 0 Å². The van der Waals surface area contributed by atoms with Gasteiger partial charge in [0.05, 0.1) is 0 Å². The van der Waals surface area contributed by atoms with Crippen LogP contribution in [0.1, 0.15) is 41.5 Å². The van der Waals surface area contributed by atoms with Gasteiger partial charge in [-0.15, -0.1) is 0 Å². The van der Waals surface area contributed by atoms with Gasteiger partial charge in [-0.1, -0.05) is 0 Å². The molecule has 6 heteroatoms. The number of carbonyl (C=O) groups is 2. The van der Waals surface area contributed by atoms with E-state index in [1.807, 2.05) is 20.1 Å². The van der Waals surface area contributed by atoms with Crippen LogP contribution >= 0.6 is 11.8 Å². The standard InChI is InChI=1S/C13H26N2O3S/c1-9(15-11(17)18-12(2,3)4)10(16)14-8-13(5,6)19-7/h9H,8H2,1-7H3,(H,14,16)(H,15,17). The van der Waals surface area contributed by atoms with Gasteiger partial charge in [-0.05, 0) is 47.8 Å². The van der Waals surface area contributed by atoms with Crippen molar-refractivity contribution in [1.82, 2.24) is 10.6 Å². The minimum atomic E-state index is -0.618. The molecule has 1 unspecified atom stereocenters. The van der Waals surface area contributed by atoms with E-state index in [1.165, 1.54) is 0 Å². The third-order valence-electron chi connectivity index (χ3n) is 2.37. The number of rotatable bonds is 5. The van der Waals surface area contributed by atoms with E-state index in [0.29, 0.717) is 6.54 Å². The van der Waals surface area contributed by atoms with Crippen molar-refractivity contribution in [3.63, 3.8) is 0 Å². The molecule has 0 fully saturated rings. The zero-order valence-corrected chi connectivity index (χ0v) is 13.7. The quantitative estimate of drug-likeness (QED) is 0.814. The monoisotopic (exact) mass is 290 g/mol. The molecule has 0 aromatic carbocycles. The molecule has 0 bridgehead atoms. The average Bonchev–Trinajstić information content (AvgIpc) is 2.23. The summed E-state index contributed by atoms with van der Waals surface area (Å²) in [6, 6.07) is -0.618. The van der Waals surface area contributed by atoms with E-state index in [-0.39, 0.29) is 10.7 Å². The predicted molar refractivity (Wildman–Crippen MR) is 79.4 cm³/mol. The van der Waals surface area contributed by atoms with Crippen molar-refractivity contribution in [3.8, 4) is 0 Å². The summed E-state index contributed by atoms with van der Waals surface area (Å²) in [7, 11) is 0. The van der Waals surface area contributed by atoms with Gasteiger partial charge in [-0.3, -0.25) is 4.79 Å². The largest absolute Gasteiger partial charge is 0.444 e. The Morgan fingerprint density at radius 1 is 1.21 bits per heavy atom. The van der Waals surface area contributed by atoms with Gasteiger partial charge in [-0.2, -0.15) is 11.8 Å². The Morgan fingerprint density at radius 3 is 2.16 bits per heavy atom. The lowest BCUT2D eigenvalue weighted by Crippen LogP contribution is -2.48. The molecule has 0 heterocycles. The molecule has 0 aromatic heterocycles. The lowest BCUT2D eigenvalue weighted by atomic mass is 10.2. The van der Waals surface area contributed by atoms with Gasteiger partial charge >= 0.3 is 6.09 Å². The number of amides is 2. The van der Waals surface area contributed by atoms with E-state index in [0.717, 1.165) is 0 Å². The molecule has 5 nitrogen and oxygen atoms in total. The van der Waals surface area contributed by atoms with Crippen molar-refractivity contribution >= 4 is 23.8 Å². The van der Waals surface area contributed by atoms with Crippen molar-refractivity contribution in [2.24, 2.45) is 0 Å². The molecular weight excluding hydrogens is 264 g/mol. The molecule has 0 spiro atoms. The van der Waals surface area contributed by atoms with E-state index < -0.39 is 17.7 Å². The zero-order valence-electron chi connectivity index (χ0n) is 12.9.